The Morgan fingerprint density at radius 3 is 3.00 bits per heavy atom. The van der Waals surface area contributed by atoms with E-state index in [1.165, 1.54) is 19.3 Å². The Labute approximate surface area is 105 Å². The van der Waals surface area contributed by atoms with Crippen LogP contribution in [0.2, 0.25) is 0 Å². The van der Waals surface area contributed by atoms with E-state index in [0.717, 1.165) is 18.0 Å². The van der Waals surface area contributed by atoms with Gasteiger partial charge in [0, 0.05) is 4.88 Å². The molecule has 4 nitrogen and oxygen atoms in total. The number of carbonyl (C=O) groups is 1. The number of piperidine rings is 1. The molecule has 0 aliphatic carbocycles. The van der Waals surface area contributed by atoms with E-state index in [0.29, 0.717) is 6.54 Å². The summed E-state index contributed by atoms with van der Waals surface area (Å²) >= 11 is 1.60. The molecule has 1 aromatic rings. The van der Waals surface area contributed by atoms with Gasteiger partial charge in [-0.25, -0.2) is 5.43 Å². The molecule has 1 aromatic heterocycles. The standard InChI is InChI=1S/C12H17N3OS/c16-12(10-15-6-2-1-3-7-15)14-13-9-11-5-4-8-17-11/h4-5,8-9H,1-3,6-7,10H2,(H,14,16). The predicted octanol–water partition coefficient (Wildman–Crippen LogP) is 1.68. The molecule has 2 rings (SSSR count). The van der Waals surface area contributed by atoms with Crippen molar-refractivity contribution < 1.29 is 4.79 Å². The van der Waals surface area contributed by atoms with Crippen LogP contribution in [0.1, 0.15) is 24.1 Å². The van der Waals surface area contributed by atoms with E-state index < -0.39 is 0 Å². The molecule has 0 saturated carbocycles. The van der Waals surface area contributed by atoms with Crippen LogP contribution in [0.25, 0.3) is 0 Å². The lowest BCUT2D eigenvalue weighted by atomic mass is 10.1. The molecule has 1 amide bonds. The summed E-state index contributed by atoms with van der Waals surface area (Å²) in [5.74, 6) is -0.0280. The molecule has 0 radical (unpaired) electrons. The van der Waals surface area contributed by atoms with Crippen molar-refractivity contribution in [2.75, 3.05) is 19.6 Å². The van der Waals surface area contributed by atoms with Crippen molar-refractivity contribution in [3.63, 3.8) is 0 Å². The molecule has 1 saturated heterocycles. The van der Waals surface area contributed by atoms with Crippen molar-refractivity contribution in [1.29, 1.82) is 0 Å². The molecule has 1 aliphatic rings. The third-order valence-corrected chi connectivity index (χ3v) is 3.55. The van der Waals surface area contributed by atoms with Gasteiger partial charge in [-0.15, -0.1) is 11.3 Å². The van der Waals surface area contributed by atoms with Crippen LogP contribution < -0.4 is 5.43 Å². The smallest absolute Gasteiger partial charge is 0.254 e. The Morgan fingerprint density at radius 2 is 2.29 bits per heavy atom. The van der Waals surface area contributed by atoms with Gasteiger partial charge in [0.15, 0.2) is 0 Å². The first-order valence-corrected chi connectivity index (χ1v) is 6.80. The lowest BCUT2D eigenvalue weighted by Gasteiger charge is -2.25. The van der Waals surface area contributed by atoms with Gasteiger partial charge in [-0.05, 0) is 37.4 Å². The number of hydrazone groups is 1. The Kier molecular flexibility index (Phi) is 4.70. The van der Waals surface area contributed by atoms with E-state index in [1.807, 2.05) is 17.5 Å². The predicted molar refractivity (Wildman–Crippen MR) is 70.3 cm³/mol. The number of rotatable bonds is 4. The third-order valence-electron chi connectivity index (χ3n) is 2.74. The van der Waals surface area contributed by atoms with Gasteiger partial charge >= 0.3 is 0 Å². The van der Waals surface area contributed by atoms with Gasteiger partial charge in [0.25, 0.3) is 5.91 Å². The molecule has 1 N–H and O–H groups in total. The van der Waals surface area contributed by atoms with E-state index in [2.05, 4.69) is 15.4 Å². The highest BCUT2D eigenvalue weighted by atomic mass is 32.1. The summed E-state index contributed by atoms with van der Waals surface area (Å²) in [6.07, 6.45) is 5.37. The molecule has 17 heavy (non-hydrogen) atoms. The lowest BCUT2D eigenvalue weighted by Crippen LogP contribution is -2.38. The minimum atomic E-state index is -0.0280. The van der Waals surface area contributed by atoms with E-state index in [-0.39, 0.29) is 5.91 Å². The van der Waals surface area contributed by atoms with Crippen LogP contribution in [0.15, 0.2) is 22.6 Å². The minimum absolute atomic E-state index is 0.0280. The summed E-state index contributed by atoms with van der Waals surface area (Å²) in [5, 5.41) is 5.92. The highest BCUT2D eigenvalue weighted by Crippen LogP contribution is 2.07. The fourth-order valence-electron chi connectivity index (χ4n) is 1.89. The Balaban J connectivity index is 1.70. The zero-order valence-corrected chi connectivity index (χ0v) is 10.6. The molecule has 1 aliphatic heterocycles. The number of carbonyl (C=O) groups excluding carboxylic acids is 1. The largest absolute Gasteiger partial charge is 0.294 e. The molecular formula is C12H17N3OS. The van der Waals surface area contributed by atoms with Crippen molar-refractivity contribution in [3.8, 4) is 0 Å². The van der Waals surface area contributed by atoms with Crippen molar-refractivity contribution in [2.45, 2.75) is 19.3 Å². The normalized spacial score (nSPS) is 17.4. The molecule has 5 heteroatoms. The van der Waals surface area contributed by atoms with Crippen molar-refractivity contribution in [3.05, 3.63) is 22.4 Å². The Bertz CT molecular complexity index is 369. The number of thiophene rings is 1. The Hall–Kier alpha value is -1.20. The van der Waals surface area contributed by atoms with Gasteiger partial charge in [-0.1, -0.05) is 12.5 Å². The van der Waals surface area contributed by atoms with E-state index in [4.69, 9.17) is 0 Å². The van der Waals surface area contributed by atoms with Crippen LogP contribution >= 0.6 is 11.3 Å². The van der Waals surface area contributed by atoms with Crippen LogP contribution in [0, 0.1) is 0 Å². The average molecular weight is 251 g/mol. The monoisotopic (exact) mass is 251 g/mol. The van der Waals surface area contributed by atoms with Crippen LogP contribution in [0.4, 0.5) is 0 Å². The molecular weight excluding hydrogens is 234 g/mol. The number of nitrogens with one attached hydrogen (secondary N) is 1. The first-order valence-electron chi connectivity index (χ1n) is 5.92. The second-order valence-electron chi connectivity index (χ2n) is 4.15. The highest BCUT2D eigenvalue weighted by Gasteiger charge is 2.12. The van der Waals surface area contributed by atoms with Crippen molar-refractivity contribution in [1.82, 2.24) is 10.3 Å². The number of likely N-dealkylation sites (tertiary alicyclic amines) is 1. The van der Waals surface area contributed by atoms with Crippen LogP contribution in [0.5, 0.6) is 0 Å². The quantitative estimate of drug-likeness (QED) is 0.653. The van der Waals surface area contributed by atoms with E-state index in [1.54, 1.807) is 17.6 Å². The SMILES string of the molecule is O=C(CN1CCCCC1)NN=Cc1cccs1. The van der Waals surface area contributed by atoms with Crippen molar-refractivity contribution >= 4 is 23.5 Å². The summed E-state index contributed by atoms with van der Waals surface area (Å²) in [5.41, 5.74) is 2.56. The first kappa shape index (κ1) is 12.3. The Morgan fingerprint density at radius 1 is 1.47 bits per heavy atom. The van der Waals surface area contributed by atoms with Gasteiger partial charge < -0.3 is 0 Å². The summed E-state index contributed by atoms with van der Waals surface area (Å²) in [7, 11) is 0. The lowest BCUT2D eigenvalue weighted by molar-refractivity contribution is -0.122. The third kappa shape index (κ3) is 4.28. The van der Waals surface area contributed by atoms with E-state index in [9.17, 15) is 4.79 Å². The number of hydrogen-bond donors (Lipinski definition) is 1. The molecule has 2 heterocycles. The summed E-state index contributed by atoms with van der Waals surface area (Å²) in [6.45, 7) is 2.52. The molecule has 0 bridgehead atoms. The summed E-state index contributed by atoms with van der Waals surface area (Å²) in [6, 6.07) is 3.92. The van der Waals surface area contributed by atoms with Gasteiger partial charge in [0.1, 0.15) is 0 Å². The maximum Gasteiger partial charge on any atom is 0.254 e. The maximum absolute atomic E-state index is 11.6. The van der Waals surface area contributed by atoms with Crippen molar-refractivity contribution in [2.24, 2.45) is 5.10 Å². The molecule has 0 atom stereocenters. The summed E-state index contributed by atoms with van der Waals surface area (Å²) < 4.78 is 0. The zero-order chi connectivity index (χ0) is 11.9. The van der Waals surface area contributed by atoms with Crippen LogP contribution in [0.3, 0.4) is 0 Å². The molecule has 0 spiro atoms. The van der Waals surface area contributed by atoms with Gasteiger partial charge in [-0.3, -0.25) is 9.69 Å². The van der Waals surface area contributed by atoms with E-state index >= 15 is 0 Å². The second-order valence-corrected chi connectivity index (χ2v) is 5.12. The maximum atomic E-state index is 11.6. The fourth-order valence-corrected chi connectivity index (χ4v) is 2.47. The molecule has 0 aromatic carbocycles. The highest BCUT2D eigenvalue weighted by molar-refractivity contribution is 7.11. The zero-order valence-electron chi connectivity index (χ0n) is 9.76. The van der Waals surface area contributed by atoms with Gasteiger partial charge in [0.2, 0.25) is 0 Å². The first-order chi connectivity index (χ1) is 8.34. The average Bonchev–Trinajstić information content (AvgIpc) is 2.83. The van der Waals surface area contributed by atoms with Gasteiger partial charge in [0.05, 0.1) is 12.8 Å². The summed E-state index contributed by atoms with van der Waals surface area (Å²) in [4.78, 5) is 14.8. The van der Waals surface area contributed by atoms with Crippen LogP contribution in [-0.2, 0) is 4.79 Å². The van der Waals surface area contributed by atoms with Crippen LogP contribution in [-0.4, -0.2) is 36.7 Å². The fraction of sp³-hybridized carbons (Fsp3) is 0.500. The number of amides is 1. The minimum Gasteiger partial charge on any atom is -0.294 e. The topological polar surface area (TPSA) is 44.7 Å². The molecule has 92 valence electrons. The number of hydrogen-bond acceptors (Lipinski definition) is 4. The molecule has 0 unspecified atom stereocenters. The second kappa shape index (κ2) is 6.51. The van der Waals surface area contributed by atoms with Gasteiger partial charge in [-0.2, -0.15) is 5.10 Å². The number of nitrogens with zero attached hydrogens (tertiary/aromatic N) is 2. The molecule has 1 fully saturated rings.